The normalized spacial score (nSPS) is 11.4. The van der Waals surface area contributed by atoms with Crippen LogP contribution in [0, 0.1) is 0 Å². The Labute approximate surface area is 102 Å². The van der Waals surface area contributed by atoms with Gasteiger partial charge in [-0.05, 0) is 12.1 Å². The number of hydrazine groups is 1. The van der Waals surface area contributed by atoms with Crippen LogP contribution >= 0.6 is 0 Å². The minimum absolute atomic E-state index is 0.0185. The number of nitrogens with zero attached hydrogens (tertiary/aromatic N) is 3. The fourth-order valence-corrected chi connectivity index (χ4v) is 2.06. The molecule has 0 fully saturated rings. The molecule has 0 bridgehead atoms. The molecule has 0 unspecified atom stereocenters. The van der Waals surface area contributed by atoms with Crippen LogP contribution in [-0.2, 0) is 16.6 Å². The predicted molar refractivity (Wildman–Crippen MR) is 60.4 cm³/mol. The Morgan fingerprint density at radius 3 is 2.72 bits per heavy atom. The van der Waals surface area contributed by atoms with Gasteiger partial charge in [-0.3, -0.25) is 0 Å². The SMILES string of the molecule is NNc1ccc(S(=O)(=O)NCc2ncon2)cn1. The van der Waals surface area contributed by atoms with Crippen molar-refractivity contribution in [3.63, 3.8) is 0 Å². The van der Waals surface area contributed by atoms with E-state index >= 15 is 0 Å². The van der Waals surface area contributed by atoms with Gasteiger partial charge >= 0.3 is 0 Å². The lowest BCUT2D eigenvalue weighted by Crippen LogP contribution is -2.24. The van der Waals surface area contributed by atoms with Gasteiger partial charge in [0.25, 0.3) is 0 Å². The second kappa shape index (κ2) is 5.08. The molecule has 0 saturated heterocycles. The van der Waals surface area contributed by atoms with E-state index in [0.717, 1.165) is 6.39 Å². The first-order chi connectivity index (χ1) is 8.62. The highest BCUT2D eigenvalue weighted by Gasteiger charge is 2.15. The van der Waals surface area contributed by atoms with Crippen LogP contribution in [0.4, 0.5) is 5.82 Å². The Hall–Kier alpha value is -2.04. The Bertz CT molecular complexity index is 594. The number of nitrogens with two attached hydrogens (primary N) is 1. The van der Waals surface area contributed by atoms with Crippen LogP contribution in [0.25, 0.3) is 0 Å². The summed E-state index contributed by atoms with van der Waals surface area (Å²) >= 11 is 0. The molecule has 0 atom stereocenters. The average Bonchev–Trinajstić information content (AvgIpc) is 2.90. The molecule has 0 aliphatic heterocycles. The summed E-state index contributed by atoms with van der Waals surface area (Å²) in [7, 11) is -3.66. The number of nitrogens with one attached hydrogen (secondary N) is 2. The van der Waals surface area contributed by atoms with Crippen molar-refractivity contribution < 1.29 is 12.9 Å². The average molecular weight is 270 g/mol. The lowest BCUT2D eigenvalue weighted by molar-refractivity contribution is 0.409. The summed E-state index contributed by atoms with van der Waals surface area (Å²) in [4.78, 5) is 7.52. The van der Waals surface area contributed by atoms with Gasteiger partial charge in [0.05, 0.1) is 6.54 Å². The molecule has 10 heteroatoms. The highest BCUT2D eigenvalue weighted by atomic mass is 32.2. The van der Waals surface area contributed by atoms with Gasteiger partial charge in [-0.1, -0.05) is 5.16 Å². The molecule has 96 valence electrons. The largest absolute Gasteiger partial charge is 0.343 e. The molecule has 0 spiro atoms. The number of aromatic nitrogens is 3. The Morgan fingerprint density at radius 1 is 1.33 bits per heavy atom. The van der Waals surface area contributed by atoms with Crippen molar-refractivity contribution in [1.82, 2.24) is 19.8 Å². The van der Waals surface area contributed by atoms with Crippen LogP contribution in [0.15, 0.2) is 34.1 Å². The summed E-state index contributed by atoms with van der Waals surface area (Å²) in [5.74, 6) is 5.74. The number of hydrogen-bond acceptors (Lipinski definition) is 8. The van der Waals surface area contributed by atoms with Crippen molar-refractivity contribution >= 4 is 15.8 Å². The fraction of sp³-hybridized carbons (Fsp3) is 0.125. The van der Waals surface area contributed by atoms with E-state index in [-0.39, 0.29) is 17.3 Å². The number of nitrogen functional groups attached to an aromatic ring is 1. The third-order valence-electron chi connectivity index (χ3n) is 2.02. The molecule has 0 radical (unpaired) electrons. The Balaban J connectivity index is 2.09. The number of anilines is 1. The quantitative estimate of drug-likeness (QED) is 0.476. The zero-order chi connectivity index (χ0) is 13.0. The van der Waals surface area contributed by atoms with Crippen molar-refractivity contribution in [2.24, 2.45) is 5.84 Å². The number of pyridine rings is 1. The van der Waals surface area contributed by atoms with E-state index in [1.165, 1.54) is 18.3 Å². The summed E-state index contributed by atoms with van der Waals surface area (Å²) < 4.78 is 30.5. The Morgan fingerprint density at radius 2 is 2.17 bits per heavy atom. The molecule has 2 rings (SSSR count). The first-order valence-electron chi connectivity index (χ1n) is 4.79. The summed E-state index contributed by atoms with van der Waals surface area (Å²) in [5, 5.41) is 3.49. The highest BCUT2D eigenvalue weighted by molar-refractivity contribution is 7.89. The van der Waals surface area contributed by atoms with Crippen LogP contribution in [0.5, 0.6) is 0 Å². The molecule has 9 nitrogen and oxygen atoms in total. The third-order valence-corrected chi connectivity index (χ3v) is 3.41. The van der Waals surface area contributed by atoms with E-state index in [1.54, 1.807) is 0 Å². The second-order valence-corrected chi connectivity index (χ2v) is 4.96. The van der Waals surface area contributed by atoms with E-state index < -0.39 is 10.0 Å². The molecule has 0 aromatic carbocycles. The van der Waals surface area contributed by atoms with E-state index in [1.807, 2.05) is 0 Å². The van der Waals surface area contributed by atoms with Gasteiger partial charge in [-0.2, -0.15) is 4.98 Å². The number of sulfonamides is 1. The maximum absolute atomic E-state index is 11.8. The van der Waals surface area contributed by atoms with Crippen molar-refractivity contribution in [3.05, 3.63) is 30.5 Å². The molecule has 2 aromatic rings. The smallest absolute Gasteiger partial charge is 0.242 e. The van der Waals surface area contributed by atoms with Gasteiger partial charge in [-0.15, -0.1) is 0 Å². The molecular formula is C8H10N6O3S. The van der Waals surface area contributed by atoms with Crippen molar-refractivity contribution in [2.75, 3.05) is 5.43 Å². The predicted octanol–water partition coefficient (Wildman–Crippen LogP) is -0.771. The van der Waals surface area contributed by atoms with Crippen LogP contribution in [0.2, 0.25) is 0 Å². The van der Waals surface area contributed by atoms with Gasteiger partial charge in [0.1, 0.15) is 10.7 Å². The maximum Gasteiger partial charge on any atom is 0.242 e. The standard InChI is InChI=1S/C8H10N6O3S/c9-13-7-2-1-6(3-10-7)18(15,16)12-4-8-11-5-17-14-8/h1-3,5,12H,4,9H2,(H,10,13). The van der Waals surface area contributed by atoms with Gasteiger partial charge in [0.2, 0.25) is 16.4 Å². The van der Waals surface area contributed by atoms with Gasteiger partial charge < -0.3 is 9.95 Å². The molecule has 4 N–H and O–H groups in total. The molecular weight excluding hydrogens is 260 g/mol. The van der Waals surface area contributed by atoms with Gasteiger partial charge in [0, 0.05) is 6.20 Å². The highest BCUT2D eigenvalue weighted by Crippen LogP contribution is 2.09. The second-order valence-electron chi connectivity index (χ2n) is 3.20. The molecule has 2 heterocycles. The molecule has 0 aliphatic carbocycles. The molecule has 0 amide bonds. The maximum atomic E-state index is 11.8. The lowest BCUT2D eigenvalue weighted by Gasteiger charge is -2.05. The molecule has 18 heavy (non-hydrogen) atoms. The fourth-order valence-electron chi connectivity index (χ4n) is 1.14. The monoisotopic (exact) mass is 270 g/mol. The van der Waals surface area contributed by atoms with Crippen LogP contribution in [0.1, 0.15) is 5.82 Å². The van der Waals surface area contributed by atoms with E-state index in [2.05, 4.69) is 29.8 Å². The minimum Gasteiger partial charge on any atom is -0.343 e. The number of rotatable bonds is 5. The first kappa shape index (κ1) is 12.4. The van der Waals surface area contributed by atoms with Crippen molar-refractivity contribution in [1.29, 1.82) is 0 Å². The summed E-state index contributed by atoms with van der Waals surface area (Å²) in [6.45, 7) is -0.0598. The first-order valence-corrected chi connectivity index (χ1v) is 6.28. The topological polar surface area (TPSA) is 136 Å². The molecule has 0 aliphatic rings. The van der Waals surface area contributed by atoms with E-state index in [9.17, 15) is 8.42 Å². The van der Waals surface area contributed by atoms with Crippen LogP contribution in [0.3, 0.4) is 0 Å². The van der Waals surface area contributed by atoms with Crippen LogP contribution in [-0.4, -0.2) is 23.5 Å². The Kier molecular flexibility index (Phi) is 3.50. The lowest BCUT2D eigenvalue weighted by atomic mass is 10.5. The minimum atomic E-state index is -3.66. The molecule has 0 saturated carbocycles. The van der Waals surface area contributed by atoms with Gasteiger partial charge in [-0.25, -0.2) is 24.0 Å². The van der Waals surface area contributed by atoms with Crippen LogP contribution < -0.4 is 16.0 Å². The molecule has 2 aromatic heterocycles. The van der Waals surface area contributed by atoms with E-state index in [0.29, 0.717) is 5.82 Å². The zero-order valence-electron chi connectivity index (χ0n) is 9.07. The van der Waals surface area contributed by atoms with Crippen molar-refractivity contribution in [2.45, 2.75) is 11.4 Å². The zero-order valence-corrected chi connectivity index (χ0v) is 9.88. The summed E-state index contributed by atoms with van der Waals surface area (Å²) in [6, 6.07) is 2.82. The number of hydrogen-bond donors (Lipinski definition) is 3. The summed E-state index contributed by atoms with van der Waals surface area (Å²) in [5.41, 5.74) is 2.30. The third kappa shape index (κ3) is 2.80. The van der Waals surface area contributed by atoms with Gasteiger partial charge in [0.15, 0.2) is 5.82 Å². The summed E-state index contributed by atoms with van der Waals surface area (Å²) in [6.07, 6.45) is 2.31. The van der Waals surface area contributed by atoms with E-state index in [4.69, 9.17) is 5.84 Å². The van der Waals surface area contributed by atoms with Crippen molar-refractivity contribution in [3.8, 4) is 0 Å².